The van der Waals surface area contributed by atoms with Gasteiger partial charge in [0.2, 0.25) is 11.8 Å². The first kappa shape index (κ1) is 22.0. The second kappa shape index (κ2) is 8.38. The first-order chi connectivity index (χ1) is 15.6. The van der Waals surface area contributed by atoms with Crippen molar-refractivity contribution in [2.24, 2.45) is 5.10 Å². The molecule has 0 unspecified atom stereocenters. The average Bonchev–Trinajstić information content (AvgIpc) is 2.75. The average molecular weight is 453 g/mol. The molecule has 0 bridgehead atoms. The van der Waals surface area contributed by atoms with Gasteiger partial charge >= 0.3 is 6.18 Å². The highest BCUT2D eigenvalue weighted by molar-refractivity contribution is 6.01. The smallest absolute Gasteiger partial charge is 0.416 e. The fourth-order valence-electron chi connectivity index (χ4n) is 3.48. The molecule has 0 saturated heterocycles. The van der Waals surface area contributed by atoms with Crippen molar-refractivity contribution in [2.45, 2.75) is 20.0 Å². The number of nitrogens with zero attached hydrogens (tertiary/aromatic N) is 4. The van der Waals surface area contributed by atoms with Crippen LogP contribution in [0.5, 0.6) is 5.88 Å². The molecule has 0 aliphatic rings. The van der Waals surface area contributed by atoms with Gasteiger partial charge in [0.25, 0.3) is 5.56 Å². The molecule has 0 atom stereocenters. The Morgan fingerprint density at radius 3 is 2.33 bits per heavy atom. The van der Waals surface area contributed by atoms with Crippen LogP contribution in [-0.4, -0.2) is 25.9 Å². The monoisotopic (exact) mass is 453 g/mol. The number of anilines is 1. The lowest BCUT2D eigenvalue weighted by Crippen LogP contribution is -2.20. The first-order valence-corrected chi connectivity index (χ1v) is 9.81. The van der Waals surface area contributed by atoms with E-state index in [1.165, 1.54) is 24.4 Å². The van der Waals surface area contributed by atoms with Crippen LogP contribution in [0.25, 0.3) is 16.5 Å². The molecule has 168 valence electrons. The number of hydrazone groups is 1. The van der Waals surface area contributed by atoms with Gasteiger partial charge < -0.3 is 5.11 Å². The number of nitrogens with one attached hydrogen (secondary N) is 1. The zero-order valence-corrected chi connectivity index (χ0v) is 17.6. The number of halogens is 3. The van der Waals surface area contributed by atoms with E-state index in [0.29, 0.717) is 5.39 Å². The van der Waals surface area contributed by atoms with Crippen molar-refractivity contribution in [1.82, 2.24) is 14.5 Å². The molecular weight excluding hydrogens is 435 g/mol. The number of pyridine rings is 1. The Balaban J connectivity index is 1.86. The van der Waals surface area contributed by atoms with Crippen LogP contribution < -0.4 is 11.0 Å². The van der Waals surface area contributed by atoms with Gasteiger partial charge in [-0.2, -0.15) is 18.3 Å². The van der Waals surface area contributed by atoms with Gasteiger partial charge in [-0.05, 0) is 44.2 Å². The Hall–Kier alpha value is -4.21. The molecule has 7 nitrogen and oxygen atoms in total. The lowest BCUT2D eigenvalue weighted by atomic mass is 10.1. The summed E-state index contributed by atoms with van der Waals surface area (Å²) in [5, 5.41) is 15.6. The minimum Gasteiger partial charge on any atom is -0.494 e. The van der Waals surface area contributed by atoms with Crippen LogP contribution >= 0.6 is 0 Å². The van der Waals surface area contributed by atoms with Gasteiger partial charge in [-0.1, -0.05) is 24.3 Å². The maximum Gasteiger partial charge on any atom is 0.416 e. The predicted octanol–water partition coefficient (Wildman–Crippen LogP) is 4.57. The molecule has 4 aromatic rings. The van der Waals surface area contributed by atoms with Crippen LogP contribution in [0.1, 0.15) is 22.5 Å². The Bertz CT molecular complexity index is 1420. The first-order valence-electron chi connectivity index (χ1n) is 9.81. The molecule has 0 aliphatic heterocycles. The standard InChI is InChI=1S/C23H18F3N5O2/c1-13-10-14(2)29-22(28-13)30-27-12-19-17-8-3-4-9-18(17)20(32)31(21(19)33)16-7-5-6-15(11-16)23(24,25)26/h3-12,33H,1-2H3,(H,28,29,30). The quantitative estimate of drug-likeness (QED) is 0.349. The molecule has 0 saturated carbocycles. The molecule has 2 aromatic carbocycles. The summed E-state index contributed by atoms with van der Waals surface area (Å²) in [7, 11) is 0. The lowest BCUT2D eigenvalue weighted by molar-refractivity contribution is -0.137. The zero-order valence-electron chi connectivity index (χ0n) is 17.6. The molecule has 0 spiro atoms. The lowest BCUT2D eigenvalue weighted by Gasteiger charge is -2.15. The SMILES string of the molecule is Cc1cc(C)nc(NN=Cc2c(O)n(-c3cccc(C(F)(F)F)c3)c(=O)c3ccccc23)n1. The van der Waals surface area contributed by atoms with E-state index in [1.54, 1.807) is 38.1 Å². The zero-order chi connectivity index (χ0) is 23.8. The molecule has 2 heterocycles. The number of benzene rings is 2. The number of hydrogen-bond donors (Lipinski definition) is 2. The van der Waals surface area contributed by atoms with Crippen molar-refractivity contribution in [3.63, 3.8) is 0 Å². The molecule has 33 heavy (non-hydrogen) atoms. The minimum atomic E-state index is -4.60. The van der Waals surface area contributed by atoms with Crippen LogP contribution in [0.2, 0.25) is 0 Å². The summed E-state index contributed by atoms with van der Waals surface area (Å²) in [5.74, 6) is -0.316. The fraction of sp³-hybridized carbons (Fsp3) is 0.130. The Morgan fingerprint density at radius 2 is 1.67 bits per heavy atom. The Morgan fingerprint density at radius 1 is 1.00 bits per heavy atom. The van der Waals surface area contributed by atoms with Crippen LogP contribution in [0.3, 0.4) is 0 Å². The number of aromatic hydroxyl groups is 1. The molecule has 0 amide bonds. The van der Waals surface area contributed by atoms with E-state index in [0.717, 1.165) is 28.1 Å². The molecule has 10 heteroatoms. The third kappa shape index (κ3) is 4.40. The summed E-state index contributed by atoms with van der Waals surface area (Å²) < 4.78 is 40.5. The highest BCUT2D eigenvalue weighted by atomic mass is 19.4. The molecule has 0 aliphatic carbocycles. The Kier molecular flexibility index (Phi) is 5.59. The van der Waals surface area contributed by atoms with Gasteiger partial charge in [0.1, 0.15) is 0 Å². The highest BCUT2D eigenvalue weighted by Gasteiger charge is 2.31. The van der Waals surface area contributed by atoms with E-state index < -0.39 is 23.2 Å². The van der Waals surface area contributed by atoms with Gasteiger partial charge in [0.15, 0.2) is 0 Å². The summed E-state index contributed by atoms with van der Waals surface area (Å²) >= 11 is 0. The molecule has 2 aromatic heterocycles. The molecular formula is C23H18F3N5O2. The second-order valence-corrected chi connectivity index (χ2v) is 7.32. The van der Waals surface area contributed by atoms with Gasteiger partial charge in [-0.15, -0.1) is 0 Å². The molecule has 0 fully saturated rings. The molecule has 2 N–H and O–H groups in total. The largest absolute Gasteiger partial charge is 0.494 e. The van der Waals surface area contributed by atoms with E-state index in [4.69, 9.17) is 0 Å². The van der Waals surface area contributed by atoms with Gasteiger partial charge in [0.05, 0.1) is 23.0 Å². The molecule has 4 rings (SSSR count). The van der Waals surface area contributed by atoms with Gasteiger partial charge in [0, 0.05) is 22.2 Å². The van der Waals surface area contributed by atoms with Crippen molar-refractivity contribution in [3.8, 4) is 11.6 Å². The number of aromatic nitrogens is 3. The maximum atomic E-state index is 13.2. The summed E-state index contributed by atoms with van der Waals surface area (Å²) in [4.78, 5) is 21.5. The van der Waals surface area contributed by atoms with E-state index in [-0.39, 0.29) is 22.6 Å². The number of hydrogen-bond acceptors (Lipinski definition) is 6. The minimum absolute atomic E-state index is 0.127. The normalized spacial score (nSPS) is 11.9. The van der Waals surface area contributed by atoms with Gasteiger partial charge in [-0.25, -0.2) is 20.0 Å². The van der Waals surface area contributed by atoms with E-state index >= 15 is 0 Å². The van der Waals surface area contributed by atoms with Crippen molar-refractivity contribution in [3.05, 3.63) is 87.5 Å². The number of rotatable bonds is 4. The Labute approximate surface area is 185 Å². The number of fused-ring (bicyclic) bond motifs is 1. The van der Waals surface area contributed by atoms with Crippen LogP contribution in [0, 0.1) is 13.8 Å². The topological polar surface area (TPSA) is 92.4 Å². The van der Waals surface area contributed by atoms with Crippen molar-refractivity contribution in [1.29, 1.82) is 0 Å². The summed E-state index contributed by atoms with van der Waals surface area (Å²) in [6.45, 7) is 3.60. The highest BCUT2D eigenvalue weighted by Crippen LogP contribution is 2.32. The fourth-order valence-corrected chi connectivity index (χ4v) is 3.48. The summed E-state index contributed by atoms with van der Waals surface area (Å²) in [6, 6.07) is 12.4. The van der Waals surface area contributed by atoms with E-state index in [9.17, 15) is 23.1 Å². The van der Waals surface area contributed by atoms with Crippen molar-refractivity contribution < 1.29 is 18.3 Å². The predicted molar refractivity (Wildman–Crippen MR) is 119 cm³/mol. The van der Waals surface area contributed by atoms with Crippen molar-refractivity contribution >= 4 is 22.9 Å². The number of alkyl halides is 3. The second-order valence-electron chi connectivity index (χ2n) is 7.32. The maximum absolute atomic E-state index is 13.2. The van der Waals surface area contributed by atoms with Crippen LogP contribution in [0.4, 0.5) is 19.1 Å². The van der Waals surface area contributed by atoms with Crippen LogP contribution in [0.15, 0.2) is 64.5 Å². The summed E-state index contributed by atoms with van der Waals surface area (Å²) in [5.41, 5.74) is 2.53. The summed E-state index contributed by atoms with van der Waals surface area (Å²) in [6.07, 6.45) is -3.34. The van der Waals surface area contributed by atoms with Gasteiger partial charge in [-0.3, -0.25) is 4.79 Å². The number of aryl methyl sites for hydroxylation is 2. The van der Waals surface area contributed by atoms with E-state index in [1.807, 2.05) is 0 Å². The van der Waals surface area contributed by atoms with E-state index in [2.05, 4.69) is 20.5 Å². The third-order valence-electron chi connectivity index (χ3n) is 4.88. The third-order valence-corrected chi connectivity index (χ3v) is 4.88. The van der Waals surface area contributed by atoms with Crippen LogP contribution in [-0.2, 0) is 6.18 Å². The van der Waals surface area contributed by atoms with Crippen molar-refractivity contribution in [2.75, 3.05) is 5.43 Å². The molecule has 0 radical (unpaired) electrons.